The summed E-state index contributed by atoms with van der Waals surface area (Å²) >= 11 is -1.23. The second-order valence-corrected chi connectivity index (χ2v) is 11.9. The van der Waals surface area contributed by atoms with Gasteiger partial charge in [0, 0.05) is 30.5 Å². The Morgan fingerprint density at radius 1 is 0.956 bits per heavy atom. The minimum atomic E-state index is -1.23. The topological polar surface area (TPSA) is 97.7 Å². The number of aromatic nitrogens is 2. The maximum atomic E-state index is 13.0. The van der Waals surface area contributed by atoms with Crippen LogP contribution < -0.4 is 14.8 Å². The second kappa shape index (κ2) is 17.4. The van der Waals surface area contributed by atoms with Crippen LogP contribution in [0.1, 0.15) is 50.6 Å². The van der Waals surface area contributed by atoms with Crippen molar-refractivity contribution in [2.75, 3.05) is 31.7 Å². The summed E-state index contributed by atoms with van der Waals surface area (Å²) in [6, 6.07) is 20.9. The molecule has 0 saturated heterocycles. The van der Waals surface area contributed by atoms with Gasteiger partial charge in [-0.15, -0.1) is 0 Å². The van der Waals surface area contributed by atoms with Crippen molar-refractivity contribution in [1.82, 2.24) is 9.55 Å². The Morgan fingerprint density at radius 2 is 1.71 bits per heavy atom. The highest BCUT2D eigenvalue weighted by molar-refractivity contribution is 7.90. The van der Waals surface area contributed by atoms with Crippen LogP contribution in [-0.2, 0) is 33.0 Å². The number of aryl methyl sites for hydroxylation is 2. The van der Waals surface area contributed by atoms with Crippen molar-refractivity contribution < 1.29 is 23.6 Å². The molecule has 1 atom stereocenters. The first-order valence-corrected chi connectivity index (χ1v) is 16.8. The molecule has 0 aliphatic heterocycles. The van der Waals surface area contributed by atoms with Crippen LogP contribution in [-0.4, -0.2) is 46.4 Å². The van der Waals surface area contributed by atoms with Gasteiger partial charge in [0.2, 0.25) is 5.91 Å². The SMILES string of the molecule is CCCCOCCOc1ccc(-c2ccc(OCC)c(/C=C/C(=O)Nc3ccc([S@@+]([O-])Cc4c(C)ncn4CC)cc3)c2)cc1. The summed E-state index contributed by atoms with van der Waals surface area (Å²) in [5.74, 6) is 1.60. The van der Waals surface area contributed by atoms with E-state index in [1.807, 2.05) is 67.8 Å². The first-order valence-electron chi connectivity index (χ1n) is 15.5. The third kappa shape index (κ3) is 9.97. The molecule has 4 aromatic rings. The van der Waals surface area contributed by atoms with Crippen molar-refractivity contribution in [3.63, 3.8) is 0 Å². The normalized spacial score (nSPS) is 11.9. The van der Waals surface area contributed by atoms with Crippen molar-refractivity contribution in [2.45, 2.75) is 57.7 Å². The van der Waals surface area contributed by atoms with E-state index >= 15 is 0 Å². The monoisotopic (exact) mass is 629 g/mol. The van der Waals surface area contributed by atoms with Gasteiger partial charge in [0.05, 0.1) is 30.9 Å². The van der Waals surface area contributed by atoms with Crippen LogP contribution in [0.2, 0.25) is 0 Å². The number of hydrogen-bond acceptors (Lipinski definition) is 6. The highest BCUT2D eigenvalue weighted by Gasteiger charge is 2.17. The number of hydrogen-bond donors (Lipinski definition) is 1. The number of unbranched alkanes of at least 4 members (excludes halogenated alkanes) is 1. The largest absolute Gasteiger partial charge is 0.611 e. The number of carbonyl (C=O) groups is 1. The Morgan fingerprint density at radius 3 is 2.42 bits per heavy atom. The Balaban J connectivity index is 1.36. The molecule has 1 heterocycles. The van der Waals surface area contributed by atoms with Gasteiger partial charge in [-0.3, -0.25) is 4.79 Å². The highest BCUT2D eigenvalue weighted by atomic mass is 32.2. The molecule has 238 valence electrons. The molecule has 3 aromatic carbocycles. The van der Waals surface area contributed by atoms with E-state index in [0.717, 1.165) is 59.8 Å². The molecular weight excluding hydrogens is 586 g/mol. The predicted octanol–water partition coefficient (Wildman–Crippen LogP) is 7.43. The van der Waals surface area contributed by atoms with Gasteiger partial charge in [0.25, 0.3) is 0 Å². The maximum absolute atomic E-state index is 13.0. The lowest BCUT2D eigenvalue weighted by Crippen LogP contribution is -2.11. The molecule has 4 rings (SSSR count). The fourth-order valence-electron chi connectivity index (χ4n) is 4.67. The third-order valence-corrected chi connectivity index (χ3v) is 8.53. The van der Waals surface area contributed by atoms with E-state index in [1.54, 1.807) is 36.7 Å². The molecule has 9 heteroatoms. The van der Waals surface area contributed by atoms with Crippen LogP contribution >= 0.6 is 0 Å². The van der Waals surface area contributed by atoms with E-state index < -0.39 is 11.2 Å². The van der Waals surface area contributed by atoms with Crippen LogP contribution in [0, 0.1) is 6.92 Å². The summed E-state index contributed by atoms with van der Waals surface area (Å²) in [7, 11) is 0. The van der Waals surface area contributed by atoms with E-state index in [4.69, 9.17) is 14.2 Å². The Kier molecular flexibility index (Phi) is 13.1. The van der Waals surface area contributed by atoms with E-state index in [1.165, 1.54) is 6.08 Å². The number of imidazole rings is 1. The molecule has 1 aromatic heterocycles. The number of amides is 1. The molecule has 0 aliphatic carbocycles. The molecule has 1 N–H and O–H groups in total. The van der Waals surface area contributed by atoms with Gasteiger partial charge >= 0.3 is 0 Å². The molecule has 0 unspecified atom stereocenters. The van der Waals surface area contributed by atoms with Crippen LogP contribution in [0.3, 0.4) is 0 Å². The van der Waals surface area contributed by atoms with Gasteiger partial charge in [-0.05, 0) is 104 Å². The molecule has 0 radical (unpaired) electrons. The summed E-state index contributed by atoms with van der Waals surface area (Å²) in [5.41, 5.74) is 5.29. The fraction of sp³-hybridized carbons (Fsp3) is 0.333. The molecule has 8 nitrogen and oxygen atoms in total. The minimum Gasteiger partial charge on any atom is -0.611 e. The zero-order chi connectivity index (χ0) is 32.0. The van der Waals surface area contributed by atoms with Gasteiger partial charge < -0.3 is 28.6 Å². The Hall–Kier alpha value is -4.05. The van der Waals surface area contributed by atoms with E-state index in [-0.39, 0.29) is 5.91 Å². The maximum Gasteiger partial charge on any atom is 0.248 e. The van der Waals surface area contributed by atoms with Crippen LogP contribution in [0.25, 0.3) is 17.2 Å². The van der Waals surface area contributed by atoms with Crippen LogP contribution in [0.4, 0.5) is 5.69 Å². The summed E-state index contributed by atoms with van der Waals surface area (Å²) in [4.78, 5) is 17.8. The molecule has 0 aliphatic rings. The average molecular weight is 630 g/mol. The predicted molar refractivity (Wildman–Crippen MR) is 181 cm³/mol. The summed E-state index contributed by atoms with van der Waals surface area (Å²) in [6.45, 7) is 11.2. The Bertz CT molecular complexity index is 1530. The molecular formula is C36H43N3O5S. The quantitative estimate of drug-likeness (QED) is 0.0741. The second-order valence-electron chi connectivity index (χ2n) is 10.4. The lowest BCUT2D eigenvalue weighted by Gasteiger charge is -2.13. The van der Waals surface area contributed by atoms with Crippen molar-refractivity contribution in [2.24, 2.45) is 0 Å². The van der Waals surface area contributed by atoms with Crippen molar-refractivity contribution in [3.05, 3.63) is 96.1 Å². The summed E-state index contributed by atoms with van der Waals surface area (Å²) in [5, 5.41) is 2.88. The number of ether oxygens (including phenoxy) is 3. The first-order chi connectivity index (χ1) is 21.9. The van der Waals surface area contributed by atoms with Gasteiger partial charge in [0.15, 0.2) is 10.6 Å². The molecule has 0 fully saturated rings. The van der Waals surface area contributed by atoms with Crippen LogP contribution in [0.15, 0.2) is 84.0 Å². The van der Waals surface area contributed by atoms with Crippen LogP contribution in [0.5, 0.6) is 11.5 Å². The van der Waals surface area contributed by atoms with E-state index in [0.29, 0.717) is 41.9 Å². The standard InChI is InChI=1S/C36H43N3O5S/c1-5-8-21-42-22-23-44-32-15-9-28(10-16-32)29-11-19-35(43-7-3)30(24-29)12-20-36(40)38-31-13-17-33(18-14-31)45(41)25-34-27(4)37-26-39(34)6-2/h9-20,24,26H,5-8,21-23,25H2,1-4H3,(H,38,40)/b20-12+/t45-/m0/s1. The molecule has 0 saturated carbocycles. The van der Waals surface area contributed by atoms with Crippen molar-refractivity contribution in [1.29, 1.82) is 0 Å². The zero-order valence-corrected chi connectivity index (χ0v) is 27.4. The number of rotatable bonds is 17. The molecule has 0 spiro atoms. The van der Waals surface area contributed by atoms with E-state index in [2.05, 4.69) is 17.2 Å². The smallest absolute Gasteiger partial charge is 0.248 e. The van der Waals surface area contributed by atoms with Crippen molar-refractivity contribution in [3.8, 4) is 22.6 Å². The van der Waals surface area contributed by atoms with Crippen molar-refractivity contribution >= 4 is 28.8 Å². The average Bonchev–Trinajstić information content (AvgIpc) is 3.41. The molecule has 1 amide bonds. The van der Waals surface area contributed by atoms with Gasteiger partial charge in [0.1, 0.15) is 18.1 Å². The molecule has 0 bridgehead atoms. The number of nitrogens with zero attached hydrogens (tertiary/aromatic N) is 2. The number of benzene rings is 3. The Labute approximate surface area is 269 Å². The number of nitrogens with one attached hydrogen (secondary N) is 1. The lowest BCUT2D eigenvalue weighted by molar-refractivity contribution is -0.111. The van der Waals surface area contributed by atoms with Gasteiger partial charge in [-0.2, -0.15) is 0 Å². The fourth-order valence-corrected chi connectivity index (χ4v) is 5.90. The van der Waals surface area contributed by atoms with E-state index in [9.17, 15) is 9.35 Å². The van der Waals surface area contributed by atoms with Gasteiger partial charge in [-0.25, -0.2) is 4.98 Å². The molecule has 45 heavy (non-hydrogen) atoms. The minimum absolute atomic E-state index is 0.278. The van der Waals surface area contributed by atoms with Gasteiger partial charge in [-0.1, -0.05) is 31.5 Å². The highest BCUT2D eigenvalue weighted by Crippen LogP contribution is 2.29. The number of anilines is 1. The summed E-state index contributed by atoms with van der Waals surface area (Å²) in [6.07, 6.45) is 7.20. The number of carbonyl (C=O) groups excluding carboxylic acids is 1. The lowest BCUT2D eigenvalue weighted by atomic mass is 10.0. The zero-order valence-electron chi connectivity index (χ0n) is 26.6. The third-order valence-electron chi connectivity index (χ3n) is 7.20. The summed E-state index contributed by atoms with van der Waals surface area (Å²) < 4.78 is 32.2. The first kappa shape index (κ1) is 33.8.